The lowest BCUT2D eigenvalue weighted by Crippen LogP contribution is -2.68. The van der Waals surface area contributed by atoms with Crippen molar-refractivity contribution in [3.8, 4) is 0 Å². The van der Waals surface area contributed by atoms with Crippen LogP contribution in [0.1, 0.15) is 40.0 Å². The Balaban J connectivity index is 0.00000225. The van der Waals surface area contributed by atoms with Crippen LogP contribution in [0, 0.1) is 11.3 Å². The first-order valence-corrected chi connectivity index (χ1v) is 9.40. The standard InChI is InChI=1S/C19H34N4O.HI/c1-13(2)12-23-9-6-14(7-10-23)21-18(20-5)22-16-15-8-11-24-17(15)19(16,3)4;/h14-17H,1,6-12H2,2-5H3,(H2,20,21,22);1H. The van der Waals surface area contributed by atoms with Gasteiger partial charge in [0, 0.05) is 56.7 Å². The van der Waals surface area contributed by atoms with E-state index < -0.39 is 0 Å². The molecule has 3 aliphatic rings. The zero-order valence-corrected chi connectivity index (χ0v) is 18.5. The number of piperidine rings is 1. The summed E-state index contributed by atoms with van der Waals surface area (Å²) in [7, 11) is 1.87. The molecule has 6 heteroatoms. The summed E-state index contributed by atoms with van der Waals surface area (Å²) in [6.07, 6.45) is 3.91. The van der Waals surface area contributed by atoms with E-state index in [1.807, 2.05) is 7.05 Å². The summed E-state index contributed by atoms with van der Waals surface area (Å²) in [5, 5.41) is 7.33. The highest BCUT2D eigenvalue weighted by atomic mass is 127. The van der Waals surface area contributed by atoms with Crippen LogP contribution in [0.2, 0.25) is 0 Å². The van der Waals surface area contributed by atoms with Gasteiger partial charge in [-0.1, -0.05) is 26.0 Å². The summed E-state index contributed by atoms with van der Waals surface area (Å²) in [6.45, 7) is 14.9. The predicted octanol–water partition coefficient (Wildman–Crippen LogP) is 2.62. The fraction of sp³-hybridized carbons (Fsp3) is 0.842. The molecule has 3 fully saturated rings. The van der Waals surface area contributed by atoms with Crippen molar-refractivity contribution in [3.05, 3.63) is 12.2 Å². The lowest BCUT2D eigenvalue weighted by atomic mass is 9.57. The van der Waals surface area contributed by atoms with Crippen LogP contribution < -0.4 is 10.6 Å². The molecule has 0 radical (unpaired) electrons. The smallest absolute Gasteiger partial charge is 0.191 e. The molecule has 2 aliphatic heterocycles. The van der Waals surface area contributed by atoms with Crippen LogP contribution in [0.25, 0.3) is 0 Å². The summed E-state index contributed by atoms with van der Waals surface area (Å²) in [6, 6.07) is 0.969. The van der Waals surface area contributed by atoms with E-state index in [0.717, 1.165) is 45.0 Å². The van der Waals surface area contributed by atoms with E-state index in [4.69, 9.17) is 4.74 Å². The number of fused-ring (bicyclic) bond motifs is 1. The van der Waals surface area contributed by atoms with Crippen molar-refractivity contribution in [2.45, 2.75) is 58.2 Å². The molecule has 3 rings (SSSR count). The Kier molecular flexibility index (Phi) is 7.18. The summed E-state index contributed by atoms with van der Waals surface area (Å²) in [4.78, 5) is 6.97. The maximum Gasteiger partial charge on any atom is 0.191 e. The number of nitrogens with zero attached hydrogens (tertiary/aromatic N) is 2. The third-order valence-corrected chi connectivity index (χ3v) is 6.04. The Morgan fingerprint density at radius 2 is 1.92 bits per heavy atom. The van der Waals surface area contributed by atoms with E-state index in [9.17, 15) is 0 Å². The fourth-order valence-corrected chi connectivity index (χ4v) is 4.75. The van der Waals surface area contributed by atoms with Crippen LogP contribution in [0.5, 0.6) is 0 Å². The van der Waals surface area contributed by atoms with E-state index >= 15 is 0 Å². The zero-order chi connectivity index (χ0) is 17.3. The molecular weight excluding hydrogens is 427 g/mol. The van der Waals surface area contributed by atoms with Gasteiger partial charge >= 0.3 is 0 Å². The monoisotopic (exact) mass is 462 g/mol. The number of rotatable bonds is 4. The highest BCUT2D eigenvalue weighted by Gasteiger charge is 2.59. The highest BCUT2D eigenvalue weighted by Crippen LogP contribution is 2.52. The van der Waals surface area contributed by atoms with Gasteiger partial charge in [-0.3, -0.25) is 9.89 Å². The van der Waals surface area contributed by atoms with Crippen LogP contribution >= 0.6 is 24.0 Å². The molecule has 0 aromatic heterocycles. The van der Waals surface area contributed by atoms with Gasteiger partial charge in [0.1, 0.15) is 0 Å². The fourth-order valence-electron chi connectivity index (χ4n) is 4.75. The lowest BCUT2D eigenvalue weighted by molar-refractivity contribution is -0.106. The molecule has 1 saturated carbocycles. The molecular formula is C19H35IN4O. The third-order valence-electron chi connectivity index (χ3n) is 6.04. The summed E-state index contributed by atoms with van der Waals surface area (Å²) in [5.41, 5.74) is 1.43. The third kappa shape index (κ3) is 4.50. The van der Waals surface area contributed by atoms with Crippen LogP contribution in [-0.2, 0) is 4.74 Å². The maximum absolute atomic E-state index is 5.89. The summed E-state index contributed by atoms with van der Waals surface area (Å²) in [5.74, 6) is 1.59. The molecule has 25 heavy (non-hydrogen) atoms. The van der Waals surface area contributed by atoms with Gasteiger partial charge < -0.3 is 15.4 Å². The average Bonchev–Trinajstić information content (AvgIpc) is 2.99. The van der Waals surface area contributed by atoms with E-state index in [1.54, 1.807) is 0 Å². The number of guanidine groups is 1. The second-order valence-corrected chi connectivity index (χ2v) is 8.41. The minimum atomic E-state index is 0. The Labute approximate surface area is 170 Å². The molecule has 3 unspecified atom stereocenters. The van der Waals surface area contributed by atoms with E-state index in [0.29, 0.717) is 24.1 Å². The number of ether oxygens (including phenoxy) is 1. The average molecular weight is 462 g/mol. The lowest BCUT2D eigenvalue weighted by Gasteiger charge is -2.55. The second kappa shape index (κ2) is 8.57. The van der Waals surface area contributed by atoms with Crippen LogP contribution in [0.3, 0.4) is 0 Å². The minimum absolute atomic E-state index is 0. The first-order valence-electron chi connectivity index (χ1n) is 9.40. The van der Waals surface area contributed by atoms with Gasteiger partial charge in [-0.25, -0.2) is 0 Å². The Bertz CT molecular complexity index is 500. The van der Waals surface area contributed by atoms with E-state index in [2.05, 4.69) is 47.9 Å². The number of hydrogen-bond acceptors (Lipinski definition) is 3. The largest absolute Gasteiger partial charge is 0.377 e. The number of halogens is 1. The molecule has 2 saturated heterocycles. The zero-order valence-electron chi connectivity index (χ0n) is 16.2. The van der Waals surface area contributed by atoms with Crippen LogP contribution in [-0.4, -0.2) is 62.3 Å². The number of nitrogens with one attached hydrogen (secondary N) is 2. The molecule has 0 aromatic carbocycles. The molecule has 3 atom stereocenters. The van der Waals surface area contributed by atoms with Gasteiger partial charge in [0.25, 0.3) is 0 Å². The van der Waals surface area contributed by atoms with Crippen LogP contribution in [0.15, 0.2) is 17.1 Å². The van der Waals surface area contributed by atoms with E-state index in [-0.39, 0.29) is 29.4 Å². The van der Waals surface area contributed by atoms with E-state index in [1.165, 1.54) is 12.0 Å². The van der Waals surface area contributed by atoms with Crippen LogP contribution in [0.4, 0.5) is 0 Å². The van der Waals surface area contributed by atoms with Crippen molar-refractivity contribution in [2.24, 2.45) is 16.3 Å². The Hall–Kier alpha value is -0.340. The van der Waals surface area contributed by atoms with Crippen molar-refractivity contribution >= 4 is 29.9 Å². The van der Waals surface area contributed by atoms with Gasteiger partial charge in [0.05, 0.1) is 6.10 Å². The van der Waals surface area contributed by atoms with Crippen molar-refractivity contribution in [2.75, 3.05) is 33.3 Å². The molecule has 0 amide bonds. The van der Waals surface area contributed by atoms with Crippen molar-refractivity contribution in [3.63, 3.8) is 0 Å². The minimum Gasteiger partial charge on any atom is -0.377 e. The van der Waals surface area contributed by atoms with Crippen molar-refractivity contribution in [1.82, 2.24) is 15.5 Å². The maximum atomic E-state index is 5.89. The predicted molar refractivity (Wildman–Crippen MR) is 115 cm³/mol. The molecule has 0 bridgehead atoms. The van der Waals surface area contributed by atoms with Gasteiger partial charge in [-0.05, 0) is 26.2 Å². The highest BCUT2D eigenvalue weighted by molar-refractivity contribution is 14.0. The van der Waals surface area contributed by atoms with Gasteiger partial charge in [0.15, 0.2) is 5.96 Å². The summed E-state index contributed by atoms with van der Waals surface area (Å²) < 4.78 is 5.89. The Morgan fingerprint density at radius 3 is 2.52 bits per heavy atom. The van der Waals surface area contributed by atoms with Gasteiger partial charge in [0.2, 0.25) is 0 Å². The molecule has 0 aromatic rings. The van der Waals surface area contributed by atoms with Gasteiger partial charge in [-0.15, -0.1) is 24.0 Å². The molecule has 2 N–H and O–H groups in total. The molecule has 1 aliphatic carbocycles. The van der Waals surface area contributed by atoms with Crippen molar-refractivity contribution < 1.29 is 4.74 Å². The normalized spacial score (nSPS) is 32.3. The molecule has 5 nitrogen and oxygen atoms in total. The number of likely N-dealkylation sites (tertiary alicyclic amines) is 1. The Morgan fingerprint density at radius 1 is 1.24 bits per heavy atom. The summed E-state index contributed by atoms with van der Waals surface area (Å²) >= 11 is 0. The first kappa shape index (κ1) is 21.0. The number of hydrogen-bond donors (Lipinski definition) is 2. The number of aliphatic imine (C=N–C) groups is 1. The first-order chi connectivity index (χ1) is 11.4. The molecule has 0 spiro atoms. The topological polar surface area (TPSA) is 48.9 Å². The SMILES string of the molecule is C=C(C)CN1CCC(NC(=NC)NC2C3CCOC3C2(C)C)CC1.I. The second-order valence-electron chi connectivity index (χ2n) is 8.41. The van der Waals surface area contributed by atoms with Gasteiger partial charge in [-0.2, -0.15) is 0 Å². The molecule has 2 heterocycles. The molecule has 144 valence electrons. The quantitative estimate of drug-likeness (QED) is 0.292. The van der Waals surface area contributed by atoms with Crippen molar-refractivity contribution in [1.29, 1.82) is 0 Å².